The molecule has 0 aliphatic carbocycles. The maximum absolute atomic E-state index is 12.8. The molecule has 1 aliphatic heterocycles. The summed E-state index contributed by atoms with van der Waals surface area (Å²) in [6.45, 7) is 2.52. The molecule has 1 saturated heterocycles. The van der Waals surface area contributed by atoms with Crippen molar-refractivity contribution >= 4 is 17.5 Å². The van der Waals surface area contributed by atoms with Gasteiger partial charge >= 0.3 is 0 Å². The maximum Gasteiger partial charge on any atom is 0.224 e. The third-order valence-corrected chi connectivity index (χ3v) is 5.82. The lowest BCUT2D eigenvalue weighted by Crippen LogP contribution is -2.37. The first-order valence-corrected chi connectivity index (χ1v) is 10.5. The van der Waals surface area contributed by atoms with Crippen molar-refractivity contribution in [3.8, 4) is 17.2 Å². The van der Waals surface area contributed by atoms with Gasteiger partial charge in [-0.1, -0.05) is 35.9 Å². The van der Waals surface area contributed by atoms with Crippen LogP contribution in [0.2, 0.25) is 5.02 Å². The molecule has 0 aromatic heterocycles. The number of likely N-dealkylation sites (tertiary alicyclic amines) is 1. The monoisotopic (exact) mass is 432 g/mol. The van der Waals surface area contributed by atoms with E-state index < -0.39 is 0 Å². The number of hydrogen-bond donors (Lipinski definition) is 1. The molecule has 1 heterocycles. The number of ether oxygens (including phenoxy) is 3. The van der Waals surface area contributed by atoms with Crippen LogP contribution in [0.3, 0.4) is 0 Å². The molecule has 1 aliphatic rings. The quantitative estimate of drug-likeness (QED) is 0.652. The summed E-state index contributed by atoms with van der Waals surface area (Å²) in [5.74, 6) is 1.47. The van der Waals surface area contributed by atoms with E-state index in [-0.39, 0.29) is 18.4 Å². The third kappa shape index (κ3) is 4.99. The van der Waals surface area contributed by atoms with Crippen LogP contribution in [0.25, 0.3) is 0 Å². The predicted octanol–water partition coefficient (Wildman–Crippen LogP) is 3.86. The van der Waals surface area contributed by atoms with Crippen LogP contribution in [-0.4, -0.2) is 51.8 Å². The second-order valence-corrected chi connectivity index (χ2v) is 7.66. The van der Waals surface area contributed by atoms with Crippen LogP contribution in [-0.2, 0) is 11.2 Å². The molecule has 1 atom stereocenters. The minimum Gasteiger partial charge on any atom is -0.493 e. The van der Waals surface area contributed by atoms with Gasteiger partial charge < -0.3 is 19.5 Å². The Labute approximate surface area is 183 Å². The summed E-state index contributed by atoms with van der Waals surface area (Å²) >= 11 is 6.46. The molecule has 0 radical (unpaired) electrons. The first-order chi connectivity index (χ1) is 14.6. The van der Waals surface area contributed by atoms with E-state index in [2.05, 4.69) is 10.2 Å². The first-order valence-electron chi connectivity index (χ1n) is 10.1. The Bertz CT molecular complexity index is 868. The lowest BCUT2D eigenvalue weighted by atomic mass is 10.0. The first kappa shape index (κ1) is 22.2. The number of hydrogen-bond acceptors (Lipinski definition) is 5. The van der Waals surface area contributed by atoms with E-state index >= 15 is 0 Å². The van der Waals surface area contributed by atoms with Gasteiger partial charge in [0.15, 0.2) is 11.5 Å². The van der Waals surface area contributed by atoms with Crippen LogP contribution in [0.15, 0.2) is 36.4 Å². The SMILES string of the molecule is COc1ccc(CC(=O)NCC(c2ccccc2Cl)N2CCCC2)c(OC)c1OC. The number of nitrogens with one attached hydrogen (secondary N) is 1. The molecule has 6 nitrogen and oxygen atoms in total. The fourth-order valence-corrected chi connectivity index (χ4v) is 4.24. The summed E-state index contributed by atoms with van der Waals surface area (Å²) in [4.78, 5) is 15.2. The van der Waals surface area contributed by atoms with Crippen molar-refractivity contribution in [1.29, 1.82) is 0 Å². The molecule has 0 bridgehead atoms. The van der Waals surface area contributed by atoms with Gasteiger partial charge in [0.25, 0.3) is 0 Å². The number of rotatable bonds is 9. The summed E-state index contributed by atoms with van der Waals surface area (Å²) in [7, 11) is 4.67. The van der Waals surface area contributed by atoms with Gasteiger partial charge in [-0.2, -0.15) is 0 Å². The Kier molecular flexibility index (Phi) is 7.82. The Morgan fingerprint density at radius 2 is 1.73 bits per heavy atom. The lowest BCUT2D eigenvalue weighted by Gasteiger charge is -2.29. The average molecular weight is 433 g/mol. The number of methoxy groups -OCH3 is 3. The normalized spacial score (nSPS) is 14.9. The van der Waals surface area contributed by atoms with Crippen LogP contribution in [0, 0.1) is 0 Å². The summed E-state index contributed by atoms with van der Waals surface area (Å²) in [5, 5.41) is 3.81. The fourth-order valence-electron chi connectivity index (χ4n) is 3.98. The molecule has 1 N–H and O–H groups in total. The van der Waals surface area contributed by atoms with Gasteiger partial charge in [-0.3, -0.25) is 9.69 Å². The highest BCUT2D eigenvalue weighted by molar-refractivity contribution is 6.31. The Morgan fingerprint density at radius 1 is 1.03 bits per heavy atom. The zero-order chi connectivity index (χ0) is 21.5. The minimum absolute atomic E-state index is 0.0532. The van der Waals surface area contributed by atoms with Gasteiger partial charge in [0.05, 0.1) is 33.8 Å². The highest BCUT2D eigenvalue weighted by Crippen LogP contribution is 2.40. The van der Waals surface area contributed by atoms with Crippen molar-refractivity contribution in [2.45, 2.75) is 25.3 Å². The molecule has 2 aromatic rings. The minimum atomic E-state index is -0.0863. The number of halogens is 1. The topological polar surface area (TPSA) is 60.0 Å². The van der Waals surface area contributed by atoms with Crippen molar-refractivity contribution in [1.82, 2.24) is 10.2 Å². The van der Waals surface area contributed by atoms with E-state index in [1.54, 1.807) is 27.4 Å². The highest BCUT2D eigenvalue weighted by atomic mass is 35.5. The van der Waals surface area contributed by atoms with Crippen LogP contribution in [0.4, 0.5) is 0 Å². The van der Waals surface area contributed by atoms with Crippen molar-refractivity contribution in [2.24, 2.45) is 0 Å². The molecule has 0 spiro atoms. The summed E-state index contributed by atoms with van der Waals surface area (Å²) in [6.07, 6.45) is 2.51. The van der Waals surface area contributed by atoms with E-state index in [9.17, 15) is 4.79 Å². The Balaban J connectivity index is 1.73. The van der Waals surface area contributed by atoms with Crippen LogP contribution in [0.5, 0.6) is 17.2 Å². The highest BCUT2D eigenvalue weighted by Gasteiger charge is 2.26. The molecule has 1 unspecified atom stereocenters. The standard InChI is InChI=1S/C23H29ClN2O4/c1-28-20-11-10-16(22(29-2)23(20)30-3)14-21(27)25-15-19(26-12-6-7-13-26)17-8-4-5-9-18(17)24/h4-5,8-11,19H,6-7,12-15H2,1-3H3,(H,25,27). The van der Waals surface area contributed by atoms with Crippen LogP contribution < -0.4 is 19.5 Å². The molecular formula is C23H29ClN2O4. The molecule has 7 heteroatoms. The second-order valence-electron chi connectivity index (χ2n) is 7.25. The van der Waals surface area contributed by atoms with E-state index in [0.29, 0.717) is 23.8 Å². The van der Waals surface area contributed by atoms with Gasteiger partial charge in [0, 0.05) is 17.1 Å². The van der Waals surface area contributed by atoms with Crippen molar-refractivity contribution in [3.63, 3.8) is 0 Å². The molecular weight excluding hydrogens is 404 g/mol. The van der Waals surface area contributed by atoms with Crippen LogP contribution in [0.1, 0.15) is 30.0 Å². The number of benzene rings is 2. The smallest absolute Gasteiger partial charge is 0.224 e. The van der Waals surface area contributed by atoms with Crippen molar-refractivity contribution in [3.05, 3.63) is 52.5 Å². The number of nitrogens with zero attached hydrogens (tertiary/aromatic N) is 1. The van der Waals surface area contributed by atoms with E-state index in [4.69, 9.17) is 25.8 Å². The average Bonchev–Trinajstić information content (AvgIpc) is 3.29. The second kappa shape index (κ2) is 10.5. The maximum atomic E-state index is 12.8. The van der Waals surface area contributed by atoms with Gasteiger partial charge in [-0.15, -0.1) is 0 Å². The zero-order valence-corrected chi connectivity index (χ0v) is 18.5. The van der Waals surface area contributed by atoms with Gasteiger partial charge in [-0.05, 0) is 43.6 Å². The fraction of sp³-hybridized carbons (Fsp3) is 0.435. The van der Waals surface area contributed by atoms with Crippen molar-refractivity contribution in [2.75, 3.05) is 41.0 Å². The molecule has 162 valence electrons. The van der Waals surface area contributed by atoms with E-state index in [1.807, 2.05) is 30.3 Å². The third-order valence-electron chi connectivity index (χ3n) is 5.47. The van der Waals surface area contributed by atoms with Crippen LogP contribution >= 0.6 is 11.6 Å². The Morgan fingerprint density at radius 3 is 2.37 bits per heavy atom. The molecule has 1 amide bonds. The molecule has 2 aromatic carbocycles. The van der Waals surface area contributed by atoms with Gasteiger partial charge in [0.1, 0.15) is 0 Å². The Hall–Kier alpha value is -2.44. The zero-order valence-electron chi connectivity index (χ0n) is 17.7. The molecule has 0 saturated carbocycles. The summed E-state index contributed by atoms with van der Waals surface area (Å²) in [6, 6.07) is 11.5. The molecule has 3 rings (SSSR count). The molecule has 30 heavy (non-hydrogen) atoms. The van der Waals surface area contributed by atoms with Gasteiger partial charge in [0.2, 0.25) is 11.7 Å². The lowest BCUT2D eigenvalue weighted by molar-refractivity contribution is -0.120. The van der Waals surface area contributed by atoms with E-state index in [0.717, 1.165) is 42.1 Å². The predicted molar refractivity (Wildman–Crippen MR) is 118 cm³/mol. The number of carbonyl (C=O) groups excluding carboxylic acids is 1. The summed E-state index contributed by atoms with van der Waals surface area (Å²) in [5.41, 5.74) is 1.79. The van der Waals surface area contributed by atoms with E-state index in [1.165, 1.54) is 0 Å². The van der Waals surface area contributed by atoms with Gasteiger partial charge in [-0.25, -0.2) is 0 Å². The molecule has 1 fully saturated rings. The summed E-state index contributed by atoms with van der Waals surface area (Å²) < 4.78 is 16.2. The number of carbonyl (C=O) groups is 1. The largest absolute Gasteiger partial charge is 0.493 e. The van der Waals surface area contributed by atoms with Crippen molar-refractivity contribution < 1.29 is 19.0 Å². The number of amides is 1.